The third-order valence-electron chi connectivity index (χ3n) is 8.83. The van der Waals surface area contributed by atoms with E-state index in [1.54, 1.807) is 22.8 Å². The first-order valence-corrected chi connectivity index (χ1v) is 13.8. The van der Waals surface area contributed by atoms with E-state index in [1.165, 1.54) is 0 Å². The van der Waals surface area contributed by atoms with Crippen molar-refractivity contribution in [2.75, 3.05) is 59.2 Å². The molecule has 0 radical (unpaired) electrons. The van der Waals surface area contributed by atoms with Crippen LogP contribution < -0.4 is 0 Å². The van der Waals surface area contributed by atoms with Crippen LogP contribution in [0, 0.1) is 17.8 Å². The molecule has 4 aliphatic heterocycles. The van der Waals surface area contributed by atoms with Crippen molar-refractivity contribution in [3.05, 3.63) is 12.7 Å². The molecule has 0 aliphatic carbocycles. The van der Waals surface area contributed by atoms with Crippen molar-refractivity contribution >= 4 is 17.8 Å². The number of carbonyl (C=O) groups excluding carboxylic acids is 3. The Hall–Kier alpha value is -2.01. The molecule has 0 aromatic rings. The highest BCUT2D eigenvalue weighted by molar-refractivity contribution is 5.98. The summed E-state index contributed by atoms with van der Waals surface area (Å²) in [6, 6.07) is -1.47. The summed E-state index contributed by atoms with van der Waals surface area (Å²) in [5.41, 5.74) is -1.10. The third kappa shape index (κ3) is 4.93. The van der Waals surface area contributed by atoms with Gasteiger partial charge in [0.1, 0.15) is 11.6 Å². The van der Waals surface area contributed by atoms with Crippen molar-refractivity contribution in [3.8, 4) is 0 Å². The van der Waals surface area contributed by atoms with E-state index < -0.39 is 41.6 Å². The fourth-order valence-corrected chi connectivity index (χ4v) is 6.76. The summed E-state index contributed by atoms with van der Waals surface area (Å²) in [6.07, 6.45) is 3.09. The molecule has 0 unspecified atom stereocenters. The quantitative estimate of drug-likeness (QED) is 0.295. The zero-order valence-electron chi connectivity index (χ0n) is 22.5. The van der Waals surface area contributed by atoms with Crippen LogP contribution in [0.25, 0.3) is 0 Å². The molecule has 2 amide bonds. The Morgan fingerprint density at radius 3 is 2.68 bits per heavy atom. The summed E-state index contributed by atoms with van der Waals surface area (Å²) in [5, 5.41) is 10.4. The second kappa shape index (κ2) is 11.8. The molecular formula is C27H43N3O7. The molecule has 208 valence electrons. The fourth-order valence-electron chi connectivity index (χ4n) is 6.76. The SMILES string of the molecule is C=CCN(CCN1CCOCC1)C(=O)[C@H]1N([C@@H](CO)[C@@H](C)CC)C(=O)[C@@H]2[C@@H](C(=O)OCC)[C@H]3CC[C@]21O3. The number of fused-ring (bicyclic) bond motifs is 1. The van der Waals surface area contributed by atoms with Crippen LogP contribution in [0.15, 0.2) is 12.7 Å². The minimum Gasteiger partial charge on any atom is -0.466 e. The smallest absolute Gasteiger partial charge is 0.312 e. The van der Waals surface area contributed by atoms with Gasteiger partial charge in [-0.3, -0.25) is 19.3 Å². The lowest BCUT2D eigenvalue weighted by Gasteiger charge is -2.41. The summed E-state index contributed by atoms with van der Waals surface area (Å²) < 4.78 is 17.3. The summed E-state index contributed by atoms with van der Waals surface area (Å²) in [4.78, 5) is 47.1. The van der Waals surface area contributed by atoms with E-state index in [0.29, 0.717) is 45.7 Å². The van der Waals surface area contributed by atoms with Crippen LogP contribution in [0.3, 0.4) is 0 Å². The van der Waals surface area contributed by atoms with Gasteiger partial charge >= 0.3 is 5.97 Å². The molecule has 0 aromatic heterocycles. The third-order valence-corrected chi connectivity index (χ3v) is 8.83. The molecule has 4 saturated heterocycles. The highest BCUT2D eigenvalue weighted by atomic mass is 16.6. The second-order valence-electron chi connectivity index (χ2n) is 10.7. The van der Waals surface area contributed by atoms with Crippen molar-refractivity contribution in [2.24, 2.45) is 17.8 Å². The standard InChI is InChI=1S/C27H43N3O7/c1-5-10-29(12-11-28-13-15-35-16-14-28)25(33)23-27-9-8-20(37-27)21(26(34)36-7-3)22(27)24(32)30(23)19(17-31)18(4)6-2/h5,18-23,31H,1,6-17H2,2-4H3/t18-,19-,20+,21-,22-,23+,27-/m0/s1. The van der Waals surface area contributed by atoms with Crippen LogP contribution in [0.2, 0.25) is 0 Å². The number of esters is 1. The second-order valence-corrected chi connectivity index (χ2v) is 10.7. The van der Waals surface area contributed by atoms with Gasteiger partial charge in [-0.15, -0.1) is 6.58 Å². The Bertz CT molecular complexity index is 863. The molecule has 10 nitrogen and oxygen atoms in total. The number of ether oxygens (including phenoxy) is 3. The van der Waals surface area contributed by atoms with Gasteiger partial charge in [0, 0.05) is 32.7 Å². The molecule has 4 fully saturated rings. The normalized spacial score (nSPS) is 32.8. The van der Waals surface area contributed by atoms with Crippen LogP contribution in [0.5, 0.6) is 0 Å². The summed E-state index contributed by atoms with van der Waals surface area (Å²) >= 11 is 0. The van der Waals surface area contributed by atoms with Gasteiger partial charge in [0.2, 0.25) is 11.8 Å². The van der Waals surface area contributed by atoms with Crippen LogP contribution in [0.1, 0.15) is 40.0 Å². The first-order valence-electron chi connectivity index (χ1n) is 13.8. The van der Waals surface area contributed by atoms with Crippen molar-refractivity contribution in [1.29, 1.82) is 0 Å². The van der Waals surface area contributed by atoms with Crippen LogP contribution in [-0.2, 0) is 28.6 Å². The molecule has 4 rings (SSSR count). The van der Waals surface area contributed by atoms with Gasteiger partial charge in [0.25, 0.3) is 0 Å². The zero-order valence-corrected chi connectivity index (χ0v) is 22.5. The number of hydrogen-bond donors (Lipinski definition) is 1. The fraction of sp³-hybridized carbons (Fsp3) is 0.815. The Balaban J connectivity index is 1.69. The van der Waals surface area contributed by atoms with E-state index in [4.69, 9.17) is 14.2 Å². The molecule has 10 heteroatoms. The molecular weight excluding hydrogens is 478 g/mol. The number of likely N-dealkylation sites (tertiary alicyclic amines) is 1. The molecule has 1 spiro atoms. The monoisotopic (exact) mass is 521 g/mol. The van der Waals surface area contributed by atoms with E-state index in [0.717, 1.165) is 19.5 Å². The number of rotatable bonds is 12. The molecule has 7 atom stereocenters. The van der Waals surface area contributed by atoms with Crippen molar-refractivity contribution in [1.82, 2.24) is 14.7 Å². The number of nitrogens with zero attached hydrogens (tertiary/aromatic N) is 3. The topological polar surface area (TPSA) is 109 Å². The Kier molecular flexibility index (Phi) is 8.93. The lowest BCUT2D eigenvalue weighted by Crippen LogP contribution is -2.60. The maximum atomic E-state index is 14.4. The molecule has 37 heavy (non-hydrogen) atoms. The summed E-state index contributed by atoms with van der Waals surface area (Å²) in [5.74, 6) is -2.51. The van der Waals surface area contributed by atoms with Crippen molar-refractivity contribution in [3.63, 3.8) is 0 Å². The number of aliphatic hydroxyl groups excluding tert-OH is 1. The molecule has 4 heterocycles. The summed E-state index contributed by atoms with van der Waals surface area (Å²) in [7, 11) is 0. The van der Waals surface area contributed by atoms with Crippen LogP contribution in [-0.4, -0.2) is 121 Å². The average Bonchev–Trinajstić information content (AvgIpc) is 3.55. The van der Waals surface area contributed by atoms with E-state index in [9.17, 15) is 19.5 Å². The Morgan fingerprint density at radius 2 is 2.05 bits per heavy atom. The lowest BCUT2D eigenvalue weighted by molar-refractivity contribution is -0.157. The molecule has 4 aliphatic rings. The molecule has 2 bridgehead atoms. The number of aliphatic hydroxyl groups is 1. The van der Waals surface area contributed by atoms with E-state index in [2.05, 4.69) is 11.5 Å². The first kappa shape index (κ1) is 28.0. The van der Waals surface area contributed by atoms with Gasteiger partial charge < -0.3 is 29.1 Å². The predicted molar refractivity (Wildman–Crippen MR) is 135 cm³/mol. The van der Waals surface area contributed by atoms with E-state index in [-0.39, 0.29) is 30.9 Å². The van der Waals surface area contributed by atoms with Gasteiger partial charge in [-0.25, -0.2) is 0 Å². The van der Waals surface area contributed by atoms with Gasteiger partial charge in [-0.2, -0.15) is 0 Å². The predicted octanol–water partition coefficient (Wildman–Crippen LogP) is 0.678. The number of hydrogen-bond acceptors (Lipinski definition) is 8. The first-order chi connectivity index (χ1) is 17.8. The minimum atomic E-state index is -1.10. The lowest BCUT2D eigenvalue weighted by atomic mass is 9.70. The number of carbonyl (C=O) groups is 3. The summed E-state index contributed by atoms with van der Waals surface area (Å²) in [6.45, 7) is 14.0. The average molecular weight is 522 g/mol. The zero-order chi connectivity index (χ0) is 26.7. The van der Waals surface area contributed by atoms with Crippen molar-refractivity contribution < 1.29 is 33.7 Å². The minimum absolute atomic E-state index is 0.0427. The largest absolute Gasteiger partial charge is 0.466 e. The van der Waals surface area contributed by atoms with Gasteiger partial charge in [-0.05, 0) is 25.7 Å². The Morgan fingerprint density at radius 1 is 1.32 bits per heavy atom. The van der Waals surface area contributed by atoms with Crippen LogP contribution >= 0.6 is 0 Å². The highest BCUT2D eigenvalue weighted by Gasteiger charge is 2.75. The van der Waals surface area contributed by atoms with Crippen molar-refractivity contribution in [2.45, 2.75) is 63.8 Å². The molecule has 1 N–H and O–H groups in total. The molecule has 0 aromatic carbocycles. The number of amides is 2. The van der Waals surface area contributed by atoms with Gasteiger partial charge in [0.15, 0.2) is 0 Å². The van der Waals surface area contributed by atoms with E-state index >= 15 is 0 Å². The molecule has 0 saturated carbocycles. The van der Waals surface area contributed by atoms with Crippen LogP contribution in [0.4, 0.5) is 0 Å². The highest BCUT2D eigenvalue weighted by Crippen LogP contribution is 2.59. The Labute approximate surface area is 219 Å². The van der Waals surface area contributed by atoms with Gasteiger partial charge in [0.05, 0.1) is 50.4 Å². The number of morpholine rings is 1. The van der Waals surface area contributed by atoms with Gasteiger partial charge in [-0.1, -0.05) is 26.3 Å². The maximum absolute atomic E-state index is 14.4. The maximum Gasteiger partial charge on any atom is 0.312 e. The van der Waals surface area contributed by atoms with E-state index in [1.807, 2.05) is 13.8 Å².